The van der Waals surface area contributed by atoms with Crippen molar-refractivity contribution in [3.8, 4) is 0 Å². The normalized spacial score (nSPS) is 17.1. The molecule has 0 spiro atoms. The van der Waals surface area contributed by atoms with E-state index in [4.69, 9.17) is 0 Å². The minimum absolute atomic E-state index is 0.00413. The molecule has 2 aromatic rings. The van der Waals surface area contributed by atoms with Crippen molar-refractivity contribution in [3.05, 3.63) is 65.7 Å². The van der Waals surface area contributed by atoms with Crippen molar-refractivity contribution in [1.29, 1.82) is 0 Å². The maximum Gasteiger partial charge on any atom is 0.227 e. The summed E-state index contributed by atoms with van der Waals surface area (Å²) >= 11 is 0. The van der Waals surface area contributed by atoms with Gasteiger partial charge in [-0.2, -0.15) is 0 Å². The van der Waals surface area contributed by atoms with Crippen LogP contribution in [0.5, 0.6) is 0 Å². The van der Waals surface area contributed by atoms with Crippen LogP contribution in [0.25, 0.3) is 0 Å². The van der Waals surface area contributed by atoms with Gasteiger partial charge >= 0.3 is 0 Å². The number of hydrogen-bond acceptors (Lipinski definition) is 2. The lowest BCUT2D eigenvalue weighted by Gasteiger charge is -2.16. The Labute approximate surface area is 142 Å². The molecule has 0 aromatic heterocycles. The summed E-state index contributed by atoms with van der Waals surface area (Å²) in [4.78, 5) is 26.0. The Morgan fingerprint density at radius 2 is 1.83 bits per heavy atom. The summed E-state index contributed by atoms with van der Waals surface area (Å²) in [6, 6.07) is 17.7. The van der Waals surface area contributed by atoms with Crippen molar-refractivity contribution in [2.24, 2.45) is 5.92 Å². The van der Waals surface area contributed by atoms with E-state index in [9.17, 15) is 9.59 Å². The molecule has 1 aliphatic heterocycles. The van der Waals surface area contributed by atoms with Gasteiger partial charge < -0.3 is 10.2 Å². The summed E-state index contributed by atoms with van der Waals surface area (Å²) in [7, 11) is 0. The van der Waals surface area contributed by atoms with E-state index in [0.717, 1.165) is 11.3 Å². The van der Waals surface area contributed by atoms with Gasteiger partial charge in [-0.15, -0.1) is 0 Å². The summed E-state index contributed by atoms with van der Waals surface area (Å²) in [6.07, 6.45) is 0.864. The fraction of sp³-hybridized carbons (Fsp3) is 0.300. The van der Waals surface area contributed by atoms with Gasteiger partial charge in [0.15, 0.2) is 0 Å². The molecule has 4 heteroatoms. The lowest BCUT2D eigenvalue weighted by molar-refractivity contribution is -0.121. The smallest absolute Gasteiger partial charge is 0.227 e. The molecule has 1 heterocycles. The fourth-order valence-corrected chi connectivity index (χ4v) is 2.99. The molecule has 0 aliphatic carbocycles. The molecule has 2 amide bonds. The summed E-state index contributed by atoms with van der Waals surface area (Å²) < 4.78 is 0. The van der Waals surface area contributed by atoms with Gasteiger partial charge in [0.1, 0.15) is 0 Å². The second kappa shape index (κ2) is 7.30. The highest BCUT2D eigenvalue weighted by Crippen LogP contribution is 2.24. The topological polar surface area (TPSA) is 49.4 Å². The van der Waals surface area contributed by atoms with Gasteiger partial charge in [0.2, 0.25) is 11.8 Å². The molecule has 1 unspecified atom stereocenters. The second-order valence-electron chi connectivity index (χ2n) is 6.38. The minimum Gasteiger partial charge on any atom is -0.355 e. The molecule has 4 nitrogen and oxygen atoms in total. The zero-order valence-electron chi connectivity index (χ0n) is 13.9. The lowest BCUT2D eigenvalue weighted by Crippen LogP contribution is -2.32. The Morgan fingerprint density at radius 1 is 1.12 bits per heavy atom. The van der Waals surface area contributed by atoms with Gasteiger partial charge in [0.25, 0.3) is 0 Å². The van der Waals surface area contributed by atoms with Crippen LogP contribution in [0, 0.1) is 12.8 Å². The van der Waals surface area contributed by atoms with Crippen LogP contribution in [0.15, 0.2) is 54.6 Å². The molecule has 0 bridgehead atoms. The molecule has 2 aromatic carbocycles. The fourth-order valence-electron chi connectivity index (χ4n) is 2.99. The van der Waals surface area contributed by atoms with E-state index in [0.29, 0.717) is 25.9 Å². The molecule has 3 rings (SSSR count). The monoisotopic (exact) mass is 322 g/mol. The maximum atomic E-state index is 12.2. The highest BCUT2D eigenvalue weighted by atomic mass is 16.2. The number of carbonyl (C=O) groups is 2. The predicted octanol–water partition coefficient (Wildman–Crippen LogP) is 2.71. The zero-order chi connectivity index (χ0) is 16.9. The molecule has 0 radical (unpaired) electrons. The summed E-state index contributed by atoms with van der Waals surface area (Å²) in [5.41, 5.74) is 3.12. The first-order valence-electron chi connectivity index (χ1n) is 8.29. The van der Waals surface area contributed by atoms with E-state index in [-0.39, 0.29) is 17.7 Å². The van der Waals surface area contributed by atoms with Crippen molar-refractivity contribution >= 4 is 17.5 Å². The van der Waals surface area contributed by atoms with Crippen LogP contribution >= 0.6 is 0 Å². The van der Waals surface area contributed by atoms with E-state index < -0.39 is 0 Å². The number of carbonyl (C=O) groups excluding carboxylic acids is 2. The van der Waals surface area contributed by atoms with Crippen LogP contribution in [0.1, 0.15) is 17.5 Å². The van der Waals surface area contributed by atoms with Gasteiger partial charge in [-0.1, -0.05) is 48.0 Å². The van der Waals surface area contributed by atoms with E-state index in [1.807, 2.05) is 61.5 Å². The molecular weight excluding hydrogens is 300 g/mol. The van der Waals surface area contributed by atoms with Crippen LogP contribution in [0.4, 0.5) is 5.69 Å². The average Bonchev–Trinajstić information content (AvgIpc) is 2.97. The molecule has 124 valence electrons. The number of rotatable bonds is 5. The van der Waals surface area contributed by atoms with E-state index >= 15 is 0 Å². The predicted molar refractivity (Wildman–Crippen MR) is 94.8 cm³/mol. The SMILES string of the molecule is Cc1ccc(CC(=O)NCC2CC(=O)N(c3ccccc3)C2)cc1. The van der Waals surface area contributed by atoms with Gasteiger partial charge in [-0.05, 0) is 24.6 Å². The molecule has 24 heavy (non-hydrogen) atoms. The van der Waals surface area contributed by atoms with Crippen molar-refractivity contribution < 1.29 is 9.59 Å². The number of nitrogens with one attached hydrogen (secondary N) is 1. The Hall–Kier alpha value is -2.62. The average molecular weight is 322 g/mol. The second-order valence-corrected chi connectivity index (χ2v) is 6.38. The Morgan fingerprint density at radius 3 is 2.54 bits per heavy atom. The third kappa shape index (κ3) is 4.02. The van der Waals surface area contributed by atoms with Crippen molar-refractivity contribution in [2.75, 3.05) is 18.0 Å². The molecule has 1 aliphatic rings. The van der Waals surface area contributed by atoms with Crippen LogP contribution in [-0.4, -0.2) is 24.9 Å². The van der Waals surface area contributed by atoms with E-state index in [1.54, 1.807) is 4.90 Å². The first-order valence-corrected chi connectivity index (χ1v) is 8.29. The molecule has 1 atom stereocenters. The molecule has 1 fully saturated rings. The highest BCUT2D eigenvalue weighted by molar-refractivity contribution is 5.95. The molecule has 1 saturated heterocycles. The zero-order valence-corrected chi connectivity index (χ0v) is 13.9. The first kappa shape index (κ1) is 16.2. The Bertz CT molecular complexity index is 710. The number of nitrogens with zero attached hydrogens (tertiary/aromatic N) is 1. The van der Waals surface area contributed by atoms with Gasteiger partial charge in [0, 0.05) is 31.1 Å². The van der Waals surface area contributed by atoms with E-state index in [1.165, 1.54) is 5.56 Å². The third-order valence-corrected chi connectivity index (χ3v) is 4.35. The van der Waals surface area contributed by atoms with Gasteiger partial charge in [-0.3, -0.25) is 9.59 Å². The van der Waals surface area contributed by atoms with Gasteiger partial charge in [-0.25, -0.2) is 0 Å². The number of para-hydroxylation sites is 1. The lowest BCUT2D eigenvalue weighted by atomic mass is 10.1. The molecule has 0 saturated carbocycles. The summed E-state index contributed by atoms with van der Waals surface area (Å²) in [5, 5.41) is 2.96. The van der Waals surface area contributed by atoms with Crippen LogP contribution in [-0.2, 0) is 16.0 Å². The number of aryl methyl sites for hydroxylation is 1. The van der Waals surface area contributed by atoms with Gasteiger partial charge in [0.05, 0.1) is 6.42 Å². The van der Waals surface area contributed by atoms with Crippen LogP contribution in [0.2, 0.25) is 0 Å². The Balaban J connectivity index is 1.49. The van der Waals surface area contributed by atoms with Crippen LogP contribution in [0.3, 0.4) is 0 Å². The highest BCUT2D eigenvalue weighted by Gasteiger charge is 2.30. The third-order valence-electron chi connectivity index (χ3n) is 4.35. The van der Waals surface area contributed by atoms with Crippen LogP contribution < -0.4 is 10.2 Å². The minimum atomic E-state index is 0.00413. The standard InChI is InChI=1S/C20H22N2O2/c1-15-7-9-16(10-8-15)11-19(23)21-13-17-12-20(24)22(14-17)18-5-3-2-4-6-18/h2-10,17H,11-14H2,1H3,(H,21,23). The first-order chi connectivity index (χ1) is 11.6. The quantitative estimate of drug-likeness (QED) is 0.920. The number of hydrogen-bond donors (Lipinski definition) is 1. The Kier molecular flexibility index (Phi) is 4.94. The number of anilines is 1. The van der Waals surface area contributed by atoms with Crippen molar-refractivity contribution in [2.45, 2.75) is 19.8 Å². The largest absolute Gasteiger partial charge is 0.355 e. The number of benzene rings is 2. The maximum absolute atomic E-state index is 12.2. The summed E-state index contributed by atoms with van der Waals surface area (Å²) in [6.45, 7) is 3.23. The number of amides is 2. The van der Waals surface area contributed by atoms with E-state index in [2.05, 4.69) is 5.32 Å². The van der Waals surface area contributed by atoms with Crippen molar-refractivity contribution in [1.82, 2.24) is 5.32 Å². The molecule has 1 N–H and O–H groups in total. The van der Waals surface area contributed by atoms with Crippen molar-refractivity contribution in [3.63, 3.8) is 0 Å². The molecular formula is C20H22N2O2. The summed E-state index contributed by atoms with van der Waals surface area (Å²) in [5.74, 6) is 0.295.